The van der Waals surface area contributed by atoms with Gasteiger partial charge in [-0.3, -0.25) is 14.2 Å². The van der Waals surface area contributed by atoms with Crippen molar-refractivity contribution < 1.29 is 9.53 Å². The molecule has 1 fully saturated rings. The third-order valence-electron chi connectivity index (χ3n) is 3.46. The fourth-order valence-corrected chi connectivity index (χ4v) is 3.65. The Kier molecular flexibility index (Phi) is 4.40. The SMILES string of the molecule is CCCn1c(S[C@H]2CCOC2=O)nc2cc(Cl)ccc2c1=O. The van der Waals surface area contributed by atoms with E-state index in [1.54, 1.807) is 22.8 Å². The van der Waals surface area contributed by atoms with Crippen LogP contribution in [0.1, 0.15) is 19.8 Å². The normalized spacial score (nSPS) is 17.9. The summed E-state index contributed by atoms with van der Waals surface area (Å²) in [5, 5.41) is 1.32. The summed E-state index contributed by atoms with van der Waals surface area (Å²) in [7, 11) is 0. The minimum Gasteiger partial charge on any atom is -0.465 e. The molecule has 1 aromatic carbocycles. The van der Waals surface area contributed by atoms with Crippen LogP contribution in [0, 0.1) is 0 Å². The number of aromatic nitrogens is 2. The molecule has 2 heterocycles. The first kappa shape index (κ1) is 15.4. The van der Waals surface area contributed by atoms with Crippen LogP contribution in [0.25, 0.3) is 10.9 Å². The number of esters is 1. The number of carbonyl (C=O) groups is 1. The molecule has 0 aliphatic carbocycles. The van der Waals surface area contributed by atoms with E-state index in [1.165, 1.54) is 11.8 Å². The highest BCUT2D eigenvalue weighted by Gasteiger charge is 2.29. The van der Waals surface area contributed by atoms with Crippen LogP contribution in [-0.2, 0) is 16.1 Å². The Morgan fingerprint density at radius 1 is 1.45 bits per heavy atom. The monoisotopic (exact) mass is 338 g/mol. The Morgan fingerprint density at radius 2 is 2.27 bits per heavy atom. The number of cyclic esters (lactones) is 1. The van der Waals surface area contributed by atoms with E-state index in [0.29, 0.717) is 40.7 Å². The second-order valence-electron chi connectivity index (χ2n) is 5.08. The van der Waals surface area contributed by atoms with Gasteiger partial charge in [-0.25, -0.2) is 4.98 Å². The van der Waals surface area contributed by atoms with E-state index in [-0.39, 0.29) is 16.8 Å². The van der Waals surface area contributed by atoms with Crippen molar-refractivity contribution in [1.82, 2.24) is 9.55 Å². The maximum absolute atomic E-state index is 12.7. The summed E-state index contributed by atoms with van der Waals surface area (Å²) in [6.45, 7) is 2.99. The predicted molar refractivity (Wildman–Crippen MR) is 86.5 cm³/mol. The zero-order valence-corrected chi connectivity index (χ0v) is 13.6. The number of carbonyl (C=O) groups excluding carboxylic acids is 1. The van der Waals surface area contributed by atoms with Crippen molar-refractivity contribution in [1.29, 1.82) is 0 Å². The molecule has 1 atom stereocenters. The van der Waals surface area contributed by atoms with Gasteiger partial charge in [0.05, 0.1) is 17.5 Å². The van der Waals surface area contributed by atoms with Gasteiger partial charge in [-0.15, -0.1) is 0 Å². The molecule has 0 radical (unpaired) electrons. The molecule has 0 amide bonds. The lowest BCUT2D eigenvalue weighted by Crippen LogP contribution is -2.24. The Balaban J connectivity index is 2.11. The van der Waals surface area contributed by atoms with Gasteiger partial charge in [0.1, 0.15) is 5.25 Å². The van der Waals surface area contributed by atoms with Crippen molar-refractivity contribution in [2.45, 2.75) is 36.7 Å². The van der Waals surface area contributed by atoms with E-state index in [2.05, 4.69) is 4.98 Å². The van der Waals surface area contributed by atoms with Gasteiger partial charge in [0.25, 0.3) is 5.56 Å². The lowest BCUT2D eigenvalue weighted by molar-refractivity contribution is -0.137. The van der Waals surface area contributed by atoms with E-state index >= 15 is 0 Å². The molecule has 1 aromatic heterocycles. The Hall–Kier alpha value is -1.53. The predicted octanol–water partition coefficient (Wildman–Crippen LogP) is 2.87. The number of nitrogens with zero attached hydrogens (tertiary/aromatic N) is 2. The molecule has 7 heteroatoms. The minimum absolute atomic E-state index is 0.0996. The Labute approximate surface area is 136 Å². The maximum Gasteiger partial charge on any atom is 0.319 e. The molecule has 3 rings (SSSR count). The lowest BCUT2D eigenvalue weighted by atomic mass is 10.2. The van der Waals surface area contributed by atoms with Crippen molar-refractivity contribution in [3.63, 3.8) is 0 Å². The van der Waals surface area contributed by atoms with Crippen LogP contribution in [0.3, 0.4) is 0 Å². The fraction of sp³-hybridized carbons (Fsp3) is 0.400. The number of hydrogen-bond donors (Lipinski definition) is 0. The van der Waals surface area contributed by atoms with Gasteiger partial charge >= 0.3 is 5.97 Å². The molecule has 0 unspecified atom stereocenters. The van der Waals surface area contributed by atoms with Gasteiger partial charge in [-0.05, 0) is 24.6 Å². The van der Waals surface area contributed by atoms with Crippen LogP contribution < -0.4 is 5.56 Å². The first-order valence-electron chi connectivity index (χ1n) is 7.13. The smallest absolute Gasteiger partial charge is 0.319 e. The van der Waals surface area contributed by atoms with Gasteiger partial charge < -0.3 is 4.74 Å². The number of benzene rings is 1. The molecule has 5 nitrogen and oxygen atoms in total. The summed E-state index contributed by atoms with van der Waals surface area (Å²) in [5.74, 6) is -0.242. The van der Waals surface area contributed by atoms with E-state index in [1.807, 2.05) is 6.92 Å². The molecule has 1 aliphatic heterocycles. The van der Waals surface area contributed by atoms with Gasteiger partial charge in [-0.1, -0.05) is 30.3 Å². The summed E-state index contributed by atoms with van der Waals surface area (Å²) in [5.41, 5.74) is 0.455. The third kappa shape index (κ3) is 2.85. The van der Waals surface area contributed by atoms with Gasteiger partial charge in [-0.2, -0.15) is 0 Å². The van der Waals surface area contributed by atoms with Crippen molar-refractivity contribution in [2.24, 2.45) is 0 Å². The first-order chi connectivity index (χ1) is 10.6. The van der Waals surface area contributed by atoms with Crippen LogP contribution in [0.5, 0.6) is 0 Å². The molecular formula is C15H15ClN2O3S. The van der Waals surface area contributed by atoms with Crippen LogP contribution in [-0.4, -0.2) is 27.4 Å². The summed E-state index contributed by atoms with van der Waals surface area (Å²) in [6.07, 6.45) is 1.45. The highest BCUT2D eigenvalue weighted by atomic mass is 35.5. The topological polar surface area (TPSA) is 61.2 Å². The minimum atomic E-state index is -0.299. The molecular weight excluding hydrogens is 324 g/mol. The highest BCUT2D eigenvalue weighted by molar-refractivity contribution is 8.00. The Morgan fingerprint density at radius 3 is 2.95 bits per heavy atom. The second-order valence-corrected chi connectivity index (χ2v) is 6.68. The molecule has 116 valence electrons. The quantitative estimate of drug-likeness (QED) is 0.633. The molecule has 0 bridgehead atoms. The van der Waals surface area contributed by atoms with E-state index in [0.717, 1.165) is 6.42 Å². The van der Waals surface area contributed by atoms with Crippen molar-refractivity contribution in [2.75, 3.05) is 6.61 Å². The summed E-state index contributed by atoms with van der Waals surface area (Å²) in [6, 6.07) is 5.05. The third-order valence-corrected chi connectivity index (χ3v) is 4.93. The number of fused-ring (bicyclic) bond motifs is 1. The van der Waals surface area contributed by atoms with E-state index in [4.69, 9.17) is 16.3 Å². The fourth-order valence-electron chi connectivity index (χ4n) is 2.40. The van der Waals surface area contributed by atoms with Crippen LogP contribution in [0.2, 0.25) is 5.02 Å². The van der Waals surface area contributed by atoms with Crippen LogP contribution in [0.15, 0.2) is 28.2 Å². The van der Waals surface area contributed by atoms with E-state index in [9.17, 15) is 9.59 Å². The number of hydrogen-bond acceptors (Lipinski definition) is 5. The largest absolute Gasteiger partial charge is 0.465 e. The summed E-state index contributed by atoms with van der Waals surface area (Å²) < 4.78 is 6.61. The summed E-state index contributed by atoms with van der Waals surface area (Å²) >= 11 is 7.28. The first-order valence-corrected chi connectivity index (χ1v) is 8.39. The second kappa shape index (κ2) is 6.30. The Bertz CT molecular complexity index is 790. The average Bonchev–Trinajstić information content (AvgIpc) is 2.88. The van der Waals surface area contributed by atoms with Crippen molar-refractivity contribution in [3.8, 4) is 0 Å². The molecule has 1 saturated heterocycles. The zero-order chi connectivity index (χ0) is 15.7. The average molecular weight is 339 g/mol. The molecule has 2 aromatic rings. The molecule has 0 spiro atoms. The lowest BCUT2D eigenvalue weighted by Gasteiger charge is -2.13. The highest BCUT2D eigenvalue weighted by Crippen LogP contribution is 2.29. The summed E-state index contributed by atoms with van der Waals surface area (Å²) in [4.78, 5) is 28.9. The van der Waals surface area contributed by atoms with Crippen LogP contribution >= 0.6 is 23.4 Å². The van der Waals surface area contributed by atoms with E-state index < -0.39 is 0 Å². The van der Waals surface area contributed by atoms with Crippen molar-refractivity contribution in [3.05, 3.63) is 33.6 Å². The number of rotatable bonds is 4. The van der Waals surface area contributed by atoms with Crippen molar-refractivity contribution >= 4 is 40.2 Å². The molecule has 0 saturated carbocycles. The molecule has 1 aliphatic rings. The maximum atomic E-state index is 12.7. The van der Waals surface area contributed by atoms with Crippen LogP contribution in [0.4, 0.5) is 0 Å². The van der Waals surface area contributed by atoms with Gasteiger partial charge in [0, 0.05) is 18.0 Å². The number of thioether (sulfide) groups is 1. The zero-order valence-electron chi connectivity index (χ0n) is 12.0. The molecule has 22 heavy (non-hydrogen) atoms. The molecule has 0 N–H and O–H groups in total. The number of halogens is 1. The number of ether oxygens (including phenoxy) is 1. The van der Waals surface area contributed by atoms with Gasteiger partial charge in [0.2, 0.25) is 0 Å². The van der Waals surface area contributed by atoms with Gasteiger partial charge in [0.15, 0.2) is 5.16 Å². The standard InChI is InChI=1S/C15H15ClN2O3S/c1-2-6-18-13(19)10-4-3-9(16)8-11(10)17-15(18)22-12-5-7-21-14(12)20/h3-4,8,12H,2,5-7H2,1H3/t12-/m0/s1.